The summed E-state index contributed by atoms with van der Waals surface area (Å²) in [6.45, 7) is 2.31. The Labute approximate surface area is 79.0 Å². The summed E-state index contributed by atoms with van der Waals surface area (Å²) in [6, 6.07) is 7.80. The molecule has 0 saturated heterocycles. The molecule has 66 valence electrons. The highest BCUT2D eigenvalue weighted by Crippen LogP contribution is 2.12. The van der Waals surface area contributed by atoms with Crippen LogP contribution in [0.5, 0.6) is 5.75 Å². The molecule has 0 unspecified atom stereocenters. The van der Waals surface area contributed by atoms with E-state index in [4.69, 9.17) is 11.2 Å². The summed E-state index contributed by atoms with van der Waals surface area (Å²) in [7, 11) is 0. The molecule has 0 aliphatic rings. The molecule has 0 aromatic heterocycles. The monoisotopic (exact) mass is 172 g/mol. The first-order valence-corrected chi connectivity index (χ1v) is 4.16. The van der Waals surface area contributed by atoms with E-state index in [1.165, 1.54) is 0 Å². The van der Waals surface area contributed by atoms with Crippen molar-refractivity contribution >= 4 is 6.08 Å². The molecule has 0 amide bonds. The van der Waals surface area contributed by atoms with E-state index in [0.29, 0.717) is 6.61 Å². The Hall–Kier alpha value is -1.68. The van der Waals surface area contributed by atoms with E-state index in [1.807, 2.05) is 43.3 Å². The van der Waals surface area contributed by atoms with Crippen LogP contribution in [0.15, 0.2) is 30.3 Å². The van der Waals surface area contributed by atoms with E-state index >= 15 is 0 Å². The van der Waals surface area contributed by atoms with Crippen LogP contribution < -0.4 is 4.74 Å². The normalized spacial score (nSPS) is 9.85. The number of terminal acetylenes is 1. The summed E-state index contributed by atoms with van der Waals surface area (Å²) < 4.78 is 5.23. The van der Waals surface area contributed by atoms with E-state index < -0.39 is 0 Å². The third-order valence-corrected chi connectivity index (χ3v) is 1.56. The third kappa shape index (κ3) is 3.04. The molecule has 0 atom stereocenters. The topological polar surface area (TPSA) is 9.23 Å². The first-order valence-electron chi connectivity index (χ1n) is 4.16. The molecule has 0 radical (unpaired) electrons. The highest BCUT2D eigenvalue weighted by molar-refractivity contribution is 5.50. The summed E-state index contributed by atoms with van der Waals surface area (Å²) in [6.07, 6.45) is 9.10. The van der Waals surface area contributed by atoms with Crippen molar-refractivity contribution in [2.24, 2.45) is 0 Å². The van der Waals surface area contributed by atoms with E-state index in [9.17, 15) is 0 Å². The van der Waals surface area contributed by atoms with Crippen LogP contribution in [0, 0.1) is 12.3 Å². The molecule has 1 heteroatoms. The second-order valence-electron chi connectivity index (χ2n) is 2.56. The fourth-order valence-corrected chi connectivity index (χ4v) is 0.993. The Morgan fingerprint density at radius 1 is 1.38 bits per heavy atom. The third-order valence-electron chi connectivity index (χ3n) is 1.56. The summed E-state index contributed by atoms with van der Waals surface area (Å²) in [5.74, 6) is 3.23. The summed E-state index contributed by atoms with van der Waals surface area (Å²) >= 11 is 0. The van der Waals surface area contributed by atoms with Gasteiger partial charge in [-0.15, -0.1) is 6.42 Å². The molecule has 0 fully saturated rings. The summed E-state index contributed by atoms with van der Waals surface area (Å²) in [5.41, 5.74) is 1.16. The van der Waals surface area contributed by atoms with Crippen molar-refractivity contribution in [3.8, 4) is 18.1 Å². The molecule has 0 spiro atoms. The molecule has 0 aliphatic carbocycles. The van der Waals surface area contributed by atoms with Gasteiger partial charge in [-0.3, -0.25) is 0 Å². The van der Waals surface area contributed by atoms with Crippen molar-refractivity contribution < 1.29 is 4.74 Å². The van der Waals surface area contributed by atoms with Gasteiger partial charge in [0.2, 0.25) is 0 Å². The molecule has 1 aromatic rings. The summed E-state index contributed by atoms with van der Waals surface area (Å²) in [5, 5.41) is 0. The van der Waals surface area contributed by atoms with E-state index in [2.05, 4.69) is 5.92 Å². The molecule has 0 N–H and O–H groups in total. The SMILES string of the molecule is C#CCOc1ccc(/C=C/C)cc1. The van der Waals surface area contributed by atoms with Crippen LogP contribution in [0.25, 0.3) is 6.08 Å². The van der Waals surface area contributed by atoms with Gasteiger partial charge in [-0.25, -0.2) is 0 Å². The molecule has 1 rings (SSSR count). The van der Waals surface area contributed by atoms with Crippen LogP contribution in [0.3, 0.4) is 0 Å². The zero-order chi connectivity index (χ0) is 9.52. The molecule has 0 heterocycles. The fraction of sp³-hybridized carbons (Fsp3) is 0.167. The van der Waals surface area contributed by atoms with Crippen LogP contribution in [0.4, 0.5) is 0 Å². The number of ether oxygens (including phenoxy) is 1. The predicted molar refractivity (Wildman–Crippen MR) is 55.5 cm³/mol. The van der Waals surface area contributed by atoms with Gasteiger partial charge in [-0.1, -0.05) is 30.2 Å². The Morgan fingerprint density at radius 2 is 2.08 bits per heavy atom. The highest BCUT2D eigenvalue weighted by atomic mass is 16.5. The zero-order valence-corrected chi connectivity index (χ0v) is 7.66. The maximum atomic E-state index is 5.23. The van der Waals surface area contributed by atoms with Crippen molar-refractivity contribution in [2.75, 3.05) is 6.61 Å². The van der Waals surface area contributed by atoms with Crippen molar-refractivity contribution in [3.05, 3.63) is 35.9 Å². The van der Waals surface area contributed by atoms with Gasteiger partial charge in [0.15, 0.2) is 0 Å². The summed E-state index contributed by atoms with van der Waals surface area (Å²) in [4.78, 5) is 0. The van der Waals surface area contributed by atoms with Gasteiger partial charge < -0.3 is 4.74 Å². The lowest BCUT2D eigenvalue weighted by atomic mass is 10.2. The quantitative estimate of drug-likeness (QED) is 0.637. The van der Waals surface area contributed by atoms with E-state index in [0.717, 1.165) is 11.3 Å². The standard InChI is InChI=1S/C12H12O/c1-3-5-11-6-8-12(9-7-11)13-10-4-2/h2-3,5-9H,10H2,1H3/b5-3+. The molecular formula is C12H12O. The van der Waals surface area contributed by atoms with Crippen molar-refractivity contribution in [1.82, 2.24) is 0 Å². The average molecular weight is 172 g/mol. The lowest BCUT2D eigenvalue weighted by molar-refractivity contribution is 0.370. The molecule has 1 aromatic carbocycles. The van der Waals surface area contributed by atoms with Crippen LogP contribution in [-0.4, -0.2) is 6.61 Å². The maximum absolute atomic E-state index is 5.23. The second-order valence-corrected chi connectivity index (χ2v) is 2.56. The minimum Gasteiger partial charge on any atom is -0.481 e. The van der Waals surface area contributed by atoms with Crippen LogP contribution in [-0.2, 0) is 0 Å². The van der Waals surface area contributed by atoms with Crippen molar-refractivity contribution in [2.45, 2.75) is 6.92 Å². The highest BCUT2D eigenvalue weighted by Gasteiger charge is 1.90. The number of hydrogen-bond donors (Lipinski definition) is 0. The lowest BCUT2D eigenvalue weighted by Gasteiger charge is -2.01. The first kappa shape index (κ1) is 9.41. The van der Waals surface area contributed by atoms with Crippen LogP contribution >= 0.6 is 0 Å². The second kappa shape index (κ2) is 5.05. The minimum atomic E-state index is 0.322. The number of allylic oxidation sites excluding steroid dienone is 1. The van der Waals surface area contributed by atoms with Gasteiger partial charge in [-0.05, 0) is 24.6 Å². The molecule has 0 bridgehead atoms. The van der Waals surface area contributed by atoms with Crippen molar-refractivity contribution in [1.29, 1.82) is 0 Å². The van der Waals surface area contributed by atoms with Gasteiger partial charge in [0.1, 0.15) is 12.4 Å². The average Bonchev–Trinajstić information content (AvgIpc) is 2.17. The molecule has 0 aliphatic heterocycles. The van der Waals surface area contributed by atoms with E-state index in [-0.39, 0.29) is 0 Å². The maximum Gasteiger partial charge on any atom is 0.148 e. The Morgan fingerprint density at radius 3 is 2.62 bits per heavy atom. The van der Waals surface area contributed by atoms with Crippen LogP contribution in [0.2, 0.25) is 0 Å². The van der Waals surface area contributed by atoms with Gasteiger partial charge in [0, 0.05) is 0 Å². The smallest absolute Gasteiger partial charge is 0.148 e. The fourth-order valence-electron chi connectivity index (χ4n) is 0.993. The number of benzene rings is 1. The molecular weight excluding hydrogens is 160 g/mol. The number of hydrogen-bond acceptors (Lipinski definition) is 1. The van der Waals surface area contributed by atoms with Crippen LogP contribution in [0.1, 0.15) is 12.5 Å². The molecule has 1 nitrogen and oxygen atoms in total. The minimum absolute atomic E-state index is 0.322. The lowest BCUT2D eigenvalue weighted by Crippen LogP contribution is -1.92. The van der Waals surface area contributed by atoms with Gasteiger partial charge >= 0.3 is 0 Å². The Kier molecular flexibility index (Phi) is 3.66. The van der Waals surface area contributed by atoms with Crippen molar-refractivity contribution in [3.63, 3.8) is 0 Å². The van der Waals surface area contributed by atoms with E-state index in [1.54, 1.807) is 0 Å². The van der Waals surface area contributed by atoms with Gasteiger partial charge in [0.25, 0.3) is 0 Å². The Bertz CT molecular complexity index is 314. The first-order chi connectivity index (χ1) is 6.36. The van der Waals surface area contributed by atoms with Gasteiger partial charge in [0.05, 0.1) is 0 Å². The largest absolute Gasteiger partial charge is 0.481 e. The Balaban J connectivity index is 2.65. The number of rotatable bonds is 3. The zero-order valence-electron chi connectivity index (χ0n) is 7.66. The molecule has 13 heavy (non-hydrogen) atoms. The van der Waals surface area contributed by atoms with Gasteiger partial charge in [-0.2, -0.15) is 0 Å². The molecule has 0 saturated carbocycles. The predicted octanol–water partition coefficient (Wildman–Crippen LogP) is 2.73.